The molecule has 2 nitrogen and oxygen atoms in total. The summed E-state index contributed by atoms with van der Waals surface area (Å²) in [6, 6.07) is 9.79. The number of rotatable bonds is 1. The molecule has 2 aromatic rings. The van der Waals surface area contributed by atoms with E-state index in [0.717, 1.165) is 34.1 Å². The summed E-state index contributed by atoms with van der Waals surface area (Å²) in [5.74, 6) is 0.671. The summed E-state index contributed by atoms with van der Waals surface area (Å²) in [6.45, 7) is 4.17. The highest BCUT2D eigenvalue weighted by Crippen LogP contribution is 2.31. The zero-order valence-corrected chi connectivity index (χ0v) is 11.9. The van der Waals surface area contributed by atoms with Crippen molar-refractivity contribution in [1.29, 1.82) is 0 Å². The number of benzene rings is 1. The highest BCUT2D eigenvalue weighted by molar-refractivity contribution is 6.30. The third kappa shape index (κ3) is 2.10. The van der Waals surface area contributed by atoms with E-state index in [1.54, 1.807) is 0 Å². The van der Waals surface area contributed by atoms with Gasteiger partial charge in [0.1, 0.15) is 0 Å². The Bertz CT molecular complexity index is 657. The molecule has 0 amide bonds. The van der Waals surface area contributed by atoms with Crippen molar-refractivity contribution in [2.24, 2.45) is 5.92 Å². The van der Waals surface area contributed by atoms with Crippen molar-refractivity contribution in [2.45, 2.75) is 26.7 Å². The van der Waals surface area contributed by atoms with Crippen molar-refractivity contribution in [2.75, 3.05) is 0 Å². The van der Waals surface area contributed by atoms with Crippen LogP contribution < -0.4 is 0 Å². The topological polar surface area (TPSA) is 22.0 Å². The lowest BCUT2D eigenvalue weighted by Crippen LogP contribution is -2.19. The zero-order valence-electron chi connectivity index (χ0n) is 11.1. The van der Waals surface area contributed by atoms with E-state index in [1.165, 1.54) is 0 Å². The quantitative estimate of drug-likeness (QED) is 0.763. The van der Waals surface area contributed by atoms with Crippen LogP contribution in [0, 0.1) is 12.8 Å². The zero-order chi connectivity index (χ0) is 13.6. The lowest BCUT2D eigenvalue weighted by molar-refractivity contribution is 0.0952. The molecule has 0 unspecified atom stereocenters. The van der Waals surface area contributed by atoms with Crippen LogP contribution in [0.2, 0.25) is 5.02 Å². The molecule has 0 saturated carbocycles. The molecule has 1 atom stereocenters. The first-order chi connectivity index (χ1) is 9.06. The highest BCUT2D eigenvalue weighted by atomic mass is 35.5. The van der Waals surface area contributed by atoms with E-state index >= 15 is 0 Å². The van der Waals surface area contributed by atoms with Gasteiger partial charge < -0.3 is 4.57 Å². The largest absolute Gasteiger partial charge is 0.317 e. The van der Waals surface area contributed by atoms with Crippen LogP contribution in [-0.4, -0.2) is 10.4 Å². The Morgan fingerprint density at radius 1 is 1.26 bits per heavy atom. The Morgan fingerprint density at radius 2 is 2.05 bits per heavy atom. The number of carbonyl (C=O) groups is 1. The van der Waals surface area contributed by atoms with Crippen molar-refractivity contribution < 1.29 is 4.79 Å². The standard InChI is InChI=1S/C16H16ClNO/c1-10-6-15-14(16(19)7-10)8-11(2)18(15)13-5-3-4-12(17)9-13/h3-5,8-10H,6-7H2,1-2H3/t10-/m0/s1. The van der Waals surface area contributed by atoms with Crippen molar-refractivity contribution in [3.05, 3.63) is 52.3 Å². The second-order valence-electron chi connectivity index (χ2n) is 5.40. The minimum Gasteiger partial charge on any atom is -0.317 e. The summed E-state index contributed by atoms with van der Waals surface area (Å²) >= 11 is 6.07. The molecule has 1 heterocycles. The normalized spacial score (nSPS) is 18.5. The van der Waals surface area contributed by atoms with Crippen LogP contribution in [0.1, 0.15) is 35.1 Å². The number of Topliss-reactive ketones (excluding diaryl/α,β-unsaturated/α-hetero) is 1. The lowest BCUT2D eigenvalue weighted by atomic mass is 9.88. The molecule has 0 aliphatic heterocycles. The van der Waals surface area contributed by atoms with E-state index in [9.17, 15) is 4.79 Å². The van der Waals surface area contributed by atoms with Gasteiger partial charge in [-0.2, -0.15) is 0 Å². The highest BCUT2D eigenvalue weighted by Gasteiger charge is 2.27. The molecule has 0 fully saturated rings. The molecule has 19 heavy (non-hydrogen) atoms. The van der Waals surface area contributed by atoms with Crippen molar-refractivity contribution >= 4 is 17.4 Å². The molecule has 1 aliphatic rings. The molecular weight excluding hydrogens is 258 g/mol. The number of halogens is 1. The molecule has 1 aromatic heterocycles. The van der Waals surface area contributed by atoms with E-state index in [0.29, 0.717) is 12.3 Å². The van der Waals surface area contributed by atoms with Crippen LogP contribution in [-0.2, 0) is 6.42 Å². The van der Waals surface area contributed by atoms with E-state index in [-0.39, 0.29) is 5.78 Å². The van der Waals surface area contributed by atoms with Gasteiger partial charge in [0.15, 0.2) is 5.78 Å². The molecule has 3 rings (SSSR count). The van der Waals surface area contributed by atoms with Crippen LogP contribution in [0.5, 0.6) is 0 Å². The monoisotopic (exact) mass is 273 g/mol. The van der Waals surface area contributed by atoms with E-state index < -0.39 is 0 Å². The van der Waals surface area contributed by atoms with Crippen LogP contribution in [0.25, 0.3) is 5.69 Å². The van der Waals surface area contributed by atoms with Crippen LogP contribution >= 0.6 is 11.6 Å². The van der Waals surface area contributed by atoms with E-state index in [2.05, 4.69) is 11.5 Å². The third-order valence-corrected chi connectivity index (χ3v) is 3.96. The number of aryl methyl sites for hydroxylation is 1. The SMILES string of the molecule is Cc1cc2c(n1-c1cccc(Cl)c1)C[C@H](C)CC2=O. The van der Waals surface area contributed by atoms with Gasteiger partial charge in [-0.1, -0.05) is 24.6 Å². The average molecular weight is 274 g/mol. The van der Waals surface area contributed by atoms with Gasteiger partial charge in [0.25, 0.3) is 0 Å². The van der Waals surface area contributed by atoms with Gasteiger partial charge in [0.05, 0.1) is 0 Å². The van der Waals surface area contributed by atoms with Gasteiger partial charge in [-0.3, -0.25) is 4.79 Å². The number of hydrogen-bond donors (Lipinski definition) is 0. The fourth-order valence-electron chi connectivity index (χ4n) is 2.94. The molecule has 0 saturated heterocycles. The number of ketones is 1. The van der Waals surface area contributed by atoms with Gasteiger partial charge >= 0.3 is 0 Å². The fraction of sp³-hybridized carbons (Fsp3) is 0.312. The van der Waals surface area contributed by atoms with Gasteiger partial charge in [-0.25, -0.2) is 0 Å². The van der Waals surface area contributed by atoms with Crippen LogP contribution in [0.4, 0.5) is 0 Å². The number of carbonyl (C=O) groups excluding carboxylic acids is 1. The molecule has 0 N–H and O–H groups in total. The maximum absolute atomic E-state index is 12.1. The summed E-state index contributed by atoms with van der Waals surface area (Å²) in [7, 11) is 0. The molecule has 0 radical (unpaired) electrons. The Hall–Kier alpha value is -1.54. The first kappa shape index (κ1) is 12.5. The summed E-state index contributed by atoms with van der Waals surface area (Å²) in [4.78, 5) is 12.1. The first-order valence-electron chi connectivity index (χ1n) is 6.56. The molecular formula is C16H16ClNO. The number of nitrogens with zero attached hydrogens (tertiary/aromatic N) is 1. The summed E-state index contributed by atoms with van der Waals surface area (Å²) in [6.07, 6.45) is 1.60. The predicted octanol–water partition coefficient (Wildman–Crippen LogP) is 4.20. The second kappa shape index (κ2) is 4.53. The smallest absolute Gasteiger partial charge is 0.164 e. The Labute approximate surface area is 118 Å². The fourth-order valence-corrected chi connectivity index (χ4v) is 3.12. The Kier molecular flexibility index (Phi) is 2.98. The molecule has 3 heteroatoms. The Balaban J connectivity index is 2.20. The Morgan fingerprint density at radius 3 is 2.79 bits per heavy atom. The maximum Gasteiger partial charge on any atom is 0.164 e. The molecule has 1 aliphatic carbocycles. The predicted molar refractivity (Wildman–Crippen MR) is 77.3 cm³/mol. The van der Waals surface area contributed by atoms with Gasteiger partial charge in [0, 0.05) is 34.1 Å². The minimum atomic E-state index is 0.262. The number of fused-ring (bicyclic) bond motifs is 1. The van der Waals surface area contributed by atoms with E-state index in [1.807, 2.05) is 37.3 Å². The first-order valence-corrected chi connectivity index (χ1v) is 6.94. The second-order valence-corrected chi connectivity index (χ2v) is 5.83. The molecule has 0 bridgehead atoms. The molecule has 98 valence electrons. The van der Waals surface area contributed by atoms with Crippen molar-refractivity contribution in [3.8, 4) is 5.69 Å². The molecule has 1 aromatic carbocycles. The van der Waals surface area contributed by atoms with Gasteiger partial charge in [-0.15, -0.1) is 0 Å². The lowest BCUT2D eigenvalue weighted by Gasteiger charge is -2.20. The number of hydrogen-bond acceptors (Lipinski definition) is 1. The molecule has 0 spiro atoms. The number of aromatic nitrogens is 1. The minimum absolute atomic E-state index is 0.262. The summed E-state index contributed by atoms with van der Waals surface area (Å²) in [5, 5.41) is 0.717. The maximum atomic E-state index is 12.1. The van der Waals surface area contributed by atoms with E-state index in [4.69, 9.17) is 11.6 Å². The summed E-state index contributed by atoms with van der Waals surface area (Å²) in [5.41, 5.74) is 4.14. The summed E-state index contributed by atoms with van der Waals surface area (Å²) < 4.78 is 2.16. The average Bonchev–Trinajstić information content (AvgIpc) is 2.66. The van der Waals surface area contributed by atoms with Crippen molar-refractivity contribution in [3.63, 3.8) is 0 Å². The van der Waals surface area contributed by atoms with Crippen LogP contribution in [0.3, 0.4) is 0 Å². The third-order valence-electron chi connectivity index (χ3n) is 3.73. The van der Waals surface area contributed by atoms with Gasteiger partial charge in [-0.05, 0) is 43.5 Å². The van der Waals surface area contributed by atoms with Crippen LogP contribution in [0.15, 0.2) is 30.3 Å². The van der Waals surface area contributed by atoms with Gasteiger partial charge in [0.2, 0.25) is 0 Å². The van der Waals surface area contributed by atoms with Crippen molar-refractivity contribution in [1.82, 2.24) is 4.57 Å².